The third kappa shape index (κ3) is 1.89. The number of aromatic nitrogens is 1. The van der Waals surface area contributed by atoms with Crippen LogP contribution in [0.4, 0.5) is 0 Å². The molecule has 1 N–H and O–H groups in total. The Labute approximate surface area is 118 Å². The van der Waals surface area contributed by atoms with Gasteiger partial charge in [0.25, 0.3) is 0 Å². The number of ether oxygens (including phenoxy) is 1. The molecular formula is C15H20N2O3. The molecule has 4 atom stereocenters. The maximum atomic E-state index is 12.8. The van der Waals surface area contributed by atoms with E-state index in [1.807, 2.05) is 18.2 Å². The maximum Gasteiger partial charge on any atom is 0.161 e. The summed E-state index contributed by atoms with van der Waals surface area (Å²) in [5.74, 6) is 0.182. The minimum atomic E-state index is -0.844. The molecule has 4 rings (SSSR count). The van der Waals surface area contributed by atoms with Crippen molar-refractivity contribution < 1.29 is 14.6 Å². The summed E-state index contributed by atoms with van der Waals surface area (Å²) in [6.45, 7) is 1.68. The van der Waals surface area contributed by atoms with Gasteiger partial charge >= 0.3 is 0 Å². The Morgan fingerprint density at radius 2 is 2.35 bits per heavy atom. The van der Waals surface area contributed by atoms with Crippen LogP contribution in [0.5, 0.6) is 0 Å². The normalized spacial score (nSPS) is 36.3. The second kappa shape index (κ2) is 5.24. The van der Waals surface area contributed by atoms with E-state index < -0.39 is 5.54 Å². The van der Waals surface area contributed by atoms with Crippen molar-refractivity contribution in [2.45, 2.75) is 17.9 Å². The van der Waals surface area contributed by atoms with Gasteiger partial charge in [0.15, 0.2) is 5.78 Å². The summed E-state index contributed by atoms with van der Waals surface area (Å²) >= 11 is 0. The van der Waals surface area contributed by atoms with E-state index in [-0.39, 0.29) is 30.8 Å². The molecule has 108 valence electrons. The summed E-state index contributed by atoms with van der Waals surface area (Å²) in [5.41, 5.74) is 0.127. The maximum absolute atomic E-state index is 12.8. The smallest absolute Gasteiger partial charge is 0.161 e. The Morgan fingerprint density at radius 3 is 2.95 bits per heavy atom. The van der Waals surface area contributed by atoms with Gasteiger partial charge in [-0.15, -0.1) is 0 Å². The van der Waals surface area contributed by atoms with Crippen LogP contribution in [-0.4, -0.2) is 59.7 Å². The number of pyridine rings is 1. The van der Waals surface area contributed by atoms with Crippen LogP contribution in [0.25, 0.3) is 0 Å². The molecule has 3 fully saturated rings. The Balaban J connectivity index is 1.92. The van der Waals surface area contributed by atoms with Crippen LogP contribution in [-0.2, 0) is 9.53 Å². The van der Waals surface area contributed by atoms with E-state index in [1.54, 1.807) is 13.3 Å². The molecule has 3 aliphatic rings. The third-order valence-electron chi connectivity index (χ3n) is 4.73. The van der Waals surface area contributed by atoms with Gasteiger partial charge in [-0.1, -0.05) is 6.07 Å². The lowest BCUT2D eigenvalue weighted by Crippen LogP contribution is -2.70. The molecule has 2 bridgehead atoms. The standard InChI is InChI=1S/C15H20N2O3/c1-20-10-15(9-18)14(19)11-5-7-17(15)8-12(11)13-4-2-3-6-16-13/h2-4,6,11-12,18H,5,7-10H2,1H3/t11-,12+,15-/m0/s1. The number of hydrogen-bond acceptors (Lipinski definition) is 5. The van der Waals surface area contributed by atoms with Crippen molar-refractivity contribution in [3.8, 4) is 0 Å². The fourth-order valence-corrected chi connectivity index (χ4v) is 3.68. The first-order valence-corrected chi connectivity index (χ1v) is 7.03. The number of carbonyl (C=O) groups excluding carboxylic acids is 1. The second-order valence-electron chi connectivity index (χ2n) is 5.69. The van der Waals surface area contributed by atoms with Gasteiger partial charge in [0.2, 0.25) is 0 Å². The van der Waals surface area contributed by atoms with Crippen LogP contribution in [0.1, 0.15) is 18.0 Å². The first-order valence-electron chi connectivity index (χ1n) is 7.03. The summed E-state index contributed by atoms with van der Waals surface area (Å²) in [7, 11) is 1.57. The molecule has 0 radical (unpaired) electrons. The lowest BCUT2D eigenvalue weighted by Gasteiger charge is -2.54. The van der Waals surface area contributed by atoms with Gasteiger partial charge in [-0.3, -0.25) is 14.7 Å². The van der Waals surface area contributed by atoms with E-state index in [0.29, 0.717) is 0 Å². The minimum Gasteiger partial charge on any atom is -0.394 e. The van der Waals surface area contributed by atoms with Crippen LogP contribution in [0.2, 0.25) is 0 Å². The van der Waals surface area contributed by atoms with Gasteiger partial charge in [0.05, 0.1) is 13.2 Å². The number of piperidine rings is 3. The second-order valence-corrected chi connectivity index (χ2v) is 5.69. The predicted octanol–water partition coefficient (Wildman–Crippen LogP) is 0.447. The van der Waals surface area contributed by atoms with Crippen molar-refractivity contribution in [3.63, 3.8) is 0 Å². The van der Waals surface area contributed by atoms with Gasteiger partial charge < -0.3 is 9.84 Å². The molecule has 3 saturated heterocycles. The number of nitrogens with zero attached hydrogens (tertiary/aromatic N) is 2. The molecule has 4 heterocycles. The quantitative estimate of drug-likeness (QED) is 0.865. The van der Waals surface area contributed by atoms with E-state index >= 15 is 0 Å². The molecule has 0 aromatic carbocycles. The number of rotatable bonds is 4. The zero-order valence-electron chi connectivity index (χ0n) is 11.7. The Morgan fingerprint density at radius 1 is 1.50 bits per heavy atom. The van der Waals surface area contributed by atoms with Crippen molar-refractivity contribution in [2.75, 3.05) is 33.4 Å². The summed E-state index contributed by atoms with van der Waals surface area (Å²) in [6, 6.07) is 5.82. The highest BCUT2D eigenvalue weighted by molar-refractivity contribution is 5.93. The topological polar surface area (TPSA) is 62.7 Å². The molecule has 1 unspecified atom stereocenters. The number of methoxy groups -OCH3 is 1. The fourth-order valence-electron chi connectivity index (χ4n) is 3.68. The van der Waals surface area contributed by atoms with Gasteiger partial charge in [-0.25, -0.2) is 0 Å². The number of fused-ring (bicyclic) bond motifs is 3. The van der Waals surface area contributed by atoms with Crippen LogP contribution < -0.4 is 0 Å². The number of carbonyl (C=O) groups is 1. The number of hydrogen-bond donors (Lipinski definition) is 1. The molecular weight excluding hydrogens is 256 g/mol. The zero-order chi connectivity index (χ0) is 14.2. The lowest BCUT2D eigenvalue weighted by atomic mass is 9.67. The van der Waals surface area contributed by atoms with E-state index in [1.165, 1.54) is 0 Å². The Bertz CT molecular complexity index is 493. The average molecular weight is 276 g/mol. The lowest BCUT2D eigenvalue weighted by molar-refractivity contribution is -0.160. The molecule has 0 saturated carbocycles. The Hall–Kier alpha value is -1.30. The zero-order valence-corrected chi connectivity index (χ0v) is 11.7. The number of ketones is 1. The van der Waals surface area contributed by atoms with Gasteiger partial charge in [-0.05, 0) is 18.6 Å². The van der Waals surface area contributed by atoms with Crippen molar-refractivity contribution >= 4 is 5.78 Å². The molecule has 1 aromatic rings. The van der Waals surface area contributed by atoms with Crippen LogP contribution in [0.3, 0.4) is 0 Å². The highest BCUT2D eigenvalue weighted by Gasteiger charge is 2.56. The van der Waals surface area contributed by atoms with Crippen molar-refractivity contribution in [2.24, 2.45) is 5.92 Å². The van der Waals surface area contributed by atoms with E-state index in [4.69, 9.17) is 4.74 Å². The van der Waals surface area contributed by atoms with Crippen LogP contribution in [0, 0.1) is 5.92 Å². The largest absolute Gasteiger partial charge is 0.394 e. The van der Waals surface area contributed by atoms with E-state index in [0.717, 1.165) is 25.2 Å². The van der Waals surface area contributed by atoms with Crippen molar-refractivity contribution in [1.29, 1.82) is 0 Å². The molecule has 5 nitrogen and oxygen atoms in total. The molecule has 5 heteroatoms. The van der Waals surface area contributed by atoms with Crippen LogP contribution >= 0.6 is 0 Å². The minimum absolute atomic E-state index is 0.0581. The summed E-state index contributed by atoms with van der Waals surface area (Å²) in [6.07, 6.45) is 2.61. The number of Topliss-reactive ketones (excluding diaryl/α,β-unsaturated/α-hetero) is 1. The third-order valence-corrected chi connectivity index (χ3v) is 4.73. The van der Waals surface area contributed by atoms with E-state index in [9.17, 15) is 9.90 Å². The van der Waals surface area contributed by atoms with Crippen molar-refractivity contribution in [3.05, 3.63) is 30.1 Å². The molecule has 20 heavy (non-hydrogen) atoms. The van der Waals surface area contributed by atoms with Crippen molar-refractivity contribution in [1.82, 2.24) is 9.88 Å². The molecule has 3 aliphatic heterocycles. The van der Waals surface area contributed by atoms with Gasteiger partial charge in [0, 0.05) is 43.9 Å². The molecule has 1 aromatic heterocycles. The van der Waals surface area contributed by atoms with Gasteiger partial charge in [0.1, 0.15) is 5.54 Å². The Kier molecular flexibility index (Phi) is 3.58. The van der Waals surface area contributed by atoms with Crippen LogP contribution in [0.15, 0.2) is 24.4 Å². The molecule has 0 spiro atoms. The summed E-state index contributed by atoms with van der Waals surface area (Å²) in [5, 5.41) is 9.76. The van der Waals surface area contributed by atoms with E-state index in [2.05, 4.69) is 9.88 Å². The molecule has 0 aliphatic carbocycles. The number of aliphatic hydroxyl groups excluding tert-OH is 1. The summed E-state index contributed by atoms with van der Waals surface area (Å²) in [4.78, 5) is 19.3. The fraction of sp³-hybridized carbons (Fsp3) is 0.600. The number of aliphatic hydroxyl groups is 1. The molecule has 0 amide bonds. The highest BCUT2D eigenvalue weighted by Crippen LogP contribution is 2.43. The predicted molar refractivity (Wildman–Crippen MR) is 73.4 cm³/mol. The first kappa shape index (κ1) is 13.7. The average Bonchev–Trinajstić information content (AvgIpc) is 2.52. The SMILES string of the molecule is COC[C@@]1(CO)C(=O)[C@H]2CCN1C[C@H]2c1ccccn1. The van der Waals surface area contributed by atoms with Gasteiger partial charge in [-0.2, -0.15) is 0 Å². The summed E-state index contributed by atoms with van der Waals surface area (Å²) < 4.78 is 5.20. The first-order chi connectivity index (χ1) is 9.73. The monoisotopic (exact) mass is 276 g/mol. The highest BCUT2D eigenvalue weighted by atomic mass is 16.5.